The fourth-order valence-corrected chi connectivity index (χ4v) is 5.12. The highest BCUT2D eigenvalue weighted by Crippen LogP contribution is 2.29. The number of Topliss-reactive ketones (excluding diaryl/α,β-unsaturated/α-hetero) is 1. The second-order valence-corrected chi connectivity index (χ2v) is 7.74. The predicted molar refractivity (Wildman–Crippen MR) is 84.4 cm³/mol. The lowest BCUT2D eigenvalue weighted by atomic mass is 9.90. The average molecular weight is 292 g/mol. The third-order valence-corrected chi connectivity index (χ3v) is 6.41. The first-order chi connectivity index (χ1) is 9.63. The van der Waals surface area contributed by atoms with E-state index in [-0.39, 0.29) is 16.3 Å². The average Bonchev–Trinajstić information content (AvgIpc) is 2.48. The Balaban J connectivity index is 2.11. The van der Waals surface area contributed by atoms with E-state index in [0.29, 0.717) is 17.9 Å². The highest BCUT2D eigenvalue weighted by molar-refractivity contribution is 7.87. The van der Waals surface area contributed by atoms with Gasteiger partial charge in [0.1, 0.15) is 0 Å². The molecule has 3 heteroatoms. The smallest absolute Gasteiger partial charge is 0.178 e. The molecule has 0 radical (unpaired) electrons. The van der Waals surface area contributed by atoms with Crippen molar-refractivity contribution >= 4 is 16.6 Å². The summed E-state index contributed by atoms with van der Waals surface area (Å²) >= 11 is 0. The number of carbonyl (C=O) groups excluding carboxylic acids is 1. The van der Waals surface area contributed by atoms with Crippen LogP contribution in [0.2, 0.25) is 0 Å². The zero-order valence-corrected chi connectivity index (χ0v) is 13.2. The van der Waals surface area contributed by atoms with Crippen LogP contribution >= 0.6 is 0 Å². The van der Waals surface area contributed by atoms with Gasteiger partial charge < -0.3 is 0 Å². The first-order valence-electron chi connectivity index (χ1n) is 7.62. The van der Waals surface area contributed by atoms with E-state index in [2.05, 4.69) is 6.92 Å². The molecule has 0 N–H and O–H groups in total. The molecular weight excluding hydrogens is 268 g/mol. The molecule has 2 rings (SSSR count). The van der Waals surface area contributed by atoms with Crippen LogP contribution in [0.4, 0.5) is 0 Å². The van der Waals surface area contributed by atoms with Crippen LogP contribution in [-0.4, -0.2) is 20.5 Å². The van der Waals surface area contributed by atoms with Gasteiger partial charge in [-0.2, -0.15) is 0 Å². The highest BCUT2D eigenvalue weighted by Gasteiger charge is 2.32. The van der Waals surface area contributed by atoms with Crippen molar-refractivity contribution in [3.05, 3.63) is 35.9 Å². The Bertz CT molecular complexity index is 469. The molecule has 1 aromatic carbocycles. The normalized spacial score (nSPS) is 25.9. The summed E-state index contributed by atoms with van der Waals surface area (Å²) in [7, 11) is -1.05. The maximum Gasteiger partial charge on any atom is 0.178 e. The van der Waals surface area contributed by atoms with Crippen molar-refractivity contribution in [3.8, 4) is 0 Å². The summed E-state index contributed by atoms with van der Waals surface area (Å²) in [5, 5.41) is -0.135. The first-order valence-corrected chi connectivity index (χ1v) is 8.89. The van der Waals surface area contributed by atoms with E-state index in [1.54, 1.807) is 0 Å². The molecule has 1 fully saturated rings. The van der Waals surface area contributed by atoms with Crippen LogP contribution in [0.1, 0.15) is 56.3 Å². The topological polar surface area (TPSA) is 34.1 Å². The monoisotopic (exact) mass is 292 g/mol. The Kier molecular flexibility index (Phi) is 5.53. The van der Waals surface area contributed by atoms with Gasteiger partial charge in [0.2, 0.25) is 0 Å². The second kappa shape index (κ2) is 7.16. The number of rotatable bonds is 5. The summed E-state index contributed by atoms with van der Waals surface area (Å²) in [5.74, 6) is 0.687. The molecule has 1 saturated carbocycles. The van der Waals surface area contributed by atoms with E-state index in [1.165, 1.54) is 6.42 Å². The second-order valence-electron chi connectivity index (χ2n) is 5.85. The van der Waals surface area contributed by atoms with Crippen LogP contribution in [0, 0.1) is 5.92 Å². The van der Waals surface area contributed by atoms with Crippen LogP contribution in [0.5, 0.6) is 0 Å². The fraction of sp³-hybridized carbons (Fsp3) is 0.588. The zero-order valence-electron chi connectivity index (χ0n) is 12.4. The minimum atomic E-state index is -1.05. The van der Waals surface area contributed by atoms with Crippen molar-refractivity contribution < 1.29 is 9.00 Å². The Morgan fingerprint density at radius 2 is 2.00 bits per heavy atom. The SMILES string of the molecule is CCC(C(=O)c1ccccc1)S(=O)C1CCCC(C)C1. The molecule has 0 amide bonds. The van der Waals surface area contributed by atoms with Crippen LogP contribution in [0.15, 0.2) is 30.3 Å². The number of benzene rings is 1. The van der Waals surface area contributed by atoms with Gasteiger partial charge in [0.05, 0.1) is 5.25 Å². The summed E-state index contributed by atoms with van der Waals surface area (Å²) in [4.78, 5) is 12.5. The maximum atomic E-state index is 12.8. The Labute approximate surface area is 124 Å². The lowest BCUT2D eigenvalue weighted by Crippen LogP contribution is -2.34. The molecule has 0 aliphatic heterocycles. The predicted octanol–water partition coefficient (Wildman–Crippen LogP) is 3.98. The van der Waals surface area contributed by atoms with Crippen LogP contribution in [0.25, 0.3) is 0 Å². The Morgan fingerprint density at radius 3 is 2.60 bits per heavy atom. The van der Waals surface area contributed by atoms with Gasteiger partial charge in [-0.15, -0.1) is 0 Å². The molecule has 0 saturated heterocycles. The van der Waals surface area contributed by atoms with Crippen molar-refractivity contribution in [2.24, 2.45) is 5.92 Å². The Hall–Kier alpha value is -0.960. The fourth-order valence-electron chi connectivity index (χ4n) is 3.07. The number of hydrogen-bond acceptors (Lipinski definition) is 2. The van der Waals surface area contributed by atoms with Gasteiger partial charge in [0.15, 0.2) is 5.78 Å². The van der Waals surface area contributed by atoms with E-state index in [1.807, 2.05) is 37.3 Å². The van der Waals surface area contributed by atoms with Crippen molar-refractivity contribution in [3.63, 3.8) is 0 Å². The molecule has 20 heavy (non-hydrogen) atoms. The van der Waals surface area contributed by atoms with E-state index in [0.717, 1.165) is 19.3 Å². The molecule has 2 nitrogen and oxygen atoms in total. The number of ketones is 1. The van der Waals surface area contributed by atoms with Crippen molar-refractivity contribution in [2.45, 2.75) is 56.5 Å². The molecule has 0 bridgehead atoms. The largest absolute Gasteiger partial charge is 0.293 e. The van der Waals surface area contributed by atoms with Gasteiger partial charge in [-0.1, -0.05) is 57.0 Å². The van der Waals surface area contributed by atoms with Crippen LogP contribution in [0.3, 0.4) is 0 Å². The lowest BCUT2D eigenvalue weighted by molar-refractivity contribution is 0.0986. The molecule has 0 aromatic heterocycles. The van der Waals surface area contributed by atoms with Gasteiger partial charge in [0.25, 0.3) is 0 Å². The van der Waals surface area contributed by atoms with Gasteiger partial charge in [0, 0.05) is 21.6 Å². The first kappa shape index (κ1) is 15.4. The molecule has 1 aliphatic rings. The molecule has 1 aromatic rings. The van der Waals surface area contributed by atoms with Crippen molar-refractivity contribution in [2.75, 3.05) is 0 Å². The standard InChI is InChI=1S/C17H24O2S/c1-3-16(17(18)14-9-5-4-6-10-14)20(19)15-11-7-8-13(2)12-15/h4-6,9-10,13,15-16H,3,7-8,11-12H2,1-2H3. The van der Waals surface area contributed by atoms with Gasteiger partial charge >= 0.3 is 0 Å². The van der Waals surface area contributed by atoms with E-state index in [9.17, 15) is 9.00 Å². The highest BCUT2D eigenvalue weighted by atomic mass is 32.2. The molecule has 1 aliphatic carbocycles. The van der Waals surface area contributed by atoms with E-state index >= 15 is 0 Å². The van der Waals surface area contributed by atoms with Gasteiger partial charge in [-0.05, 0) is 25.2 Å². The van der Waals surface area contributed by atoms with Crippen LogP contribution < -0.4 is 0 Å². The number of carbonyl (C=O) groups is 1. The third kappa shape index (κ3) is 3.57. The van der Waals surface area contributed by atoms with Crippen LogP contribution in [-0.2, 0) is 10.8 Å². The zero-order chi connectivity index (χ0) is 14.5. The van der Waals surface area contributed by atoms with Gasteiger partial charge in [-0.25, -0.2) is 0 Å². The van der Waals surface area contributed by atoms with E-state index in [4.69, 9.17) is 0 Å². The van der Waals surface area contributed by atoms with Crippen molar-refractivity contribution in [1.29, 1.82) is 0 Å². The maximum absolute atomic E-state index is 12.8. The van der Waals surface area contributed by atoms with E-state index < -0.39 is 10.8 Å². The lowest BCUT2D eigenvalue weighted by Gasteiger charge is -2.28. The van der Waals surface area contributed by atoms with Gasteiger partial charge in [-0.3, -0.25) is 9.00 Å². The van der Waals surface area contributed by atoms with Crippen molar-refractivity contribution in [1.82, 2.24) is 0 Å². The molecular formula is C17H24O2S. The summed E-state index contributed by atoms with van der Waals surface area (Å²) in [6.45, 7) is 4.19. The quantitative estimate of drug-likeness (QED) is 0.769. The number of hydrogen-bond donors (Lipinski definition) is 0. The molecule has 0 heterocycles. The molecule has 110 valence electrons. The molecule has 0 spiro atoms. The minimum absolute atomic E-state index is 0.0460. The third-order valence-electron chi connectivity index (χ3n) is 4.22. The minimum Gasteiger partial charge on any atom is -0.293 e. The summed E-state index contributed by atoms with van der Waals surface area (Å²) in [6, 6.07) is 9.28. The molecule has 4 unspecified atom stereocenters. The summed E-state index contributed by atoms with van der Waals surface area (Å²) in [6.07, 6.45) is 5.05. The Morgan fingerprint density at radius 1 is 1.30 bits per heavy atom. The molecule has 4 atom stereocenters. The summed E-state index contributed by atoms with van der Waals surface area (Å²) in [5.41, 5.74) is 0.691. The summed E-state index contributed by atoms with van der Waals surface area (Å²) < 4.78 is 12.8.